The van der Waals surface area contributed by atoms with E-state index in [4.69, 9.17) is 4.74 Å². The summed E-state index contributed by atoms with van der Waals surface area (Å²) < 4.78 is 6.03. The quantitative estimate of drug-likeness (QED) is 0.856. The summed E-state index contributed by atoms with van der Waals surface area (Å²) in [6.45, 7) is 8.51. The third-order valence-electron chi connectivity index (χ3n) is 3.02. The van der Waals surface area contributed by atoms with E-state index in [1.165, 1.54) is 11.3 Å². The predicted octanol–water partition coefficient (Wildman–Crippen LogP) is 1.71. The van der Waals surface area contributed by atoms with Crippen LogP contribution in [-0.4, -0.2) is 21.1 Å². The van der Waals surface area contributed by atoms with E-state index >= 15 is 0 Å². The molecule has 2 aromatic rings. The summed E-state index contributed by atoms with van der Waals surface area (Å²) in [6, 6.07) is 0. The first-order valence-electron chi connectivity index (χ1n) is 6.55. The van der Waals surface area contributed by atoms with Crippen molar-refractivity contribution < 1.29 is 9.53 Å². The standard InChI is InChI=1S/C14H18N2O4S/c1-7-8(2)21-11-10(7)12(18)16(13(19)15-11)6-9(17)20-14(3,4)5/h6H2,1-5H3,(H,15,19). The molecule has 0 aromatic carbocycles. The lowest BCUT2D eigenvalue weighted by molar-refractivity contribution is -0.155. The highest BCUT2D eigenvalue weighted by Gasteiger charge is 2.20. The predicted molar refractivity (Wildman–Crippen MR) is 82.0 cm³/mol. The Morgan fingerprint density at radius 3 is 2.48 bits per heavy atom. The van der Waals surface area contributed by atoms with Gasteiger partial charge in [-0.1, -0.05) is 0 Å². The third kappa shape index (κ3) is 3.07. The summed E-state index contributed by atoms with van der Waals surface area (Å²) in [7, 11) is 0. The van der Waals surface area contributed by atoms with E-state index in [0.29, 0.717) is 10.2 Å². The van der Waals surface area contributed by atoms with Crippen LogP contribution in [0.3, 0.4) is 0 Å². The fraction of sp³-hybridized carbons (Fsp3) is 0.500. The zero-order valence-corrected chi connectivity index (χ0v) is 13.5. The molecule has 0 spiro atoms. The number of nitrogens with one attached hydrogen (secondary N) is 1. The van der Waals surface area contributed by atoms with Crippen LogP contribution >= 0.6 is 11.3 Å². The van der Waals surface area contributed by atoms with Crippen LogP contribution in [0.5, 0.6) is 0 Å². The highest BCUT2D eigenvalue weighted by Crippen LogP contribution is 2.24. The molecule has 0 saturated carbocycles. The molecule has 2 heterocycles. The Kier molecular flexibility index (Phi) is 3.79. The van der Waals surface area contributed by atoms with Gasteiger partial charge in [0.2, 0.25) is 0 Å². The van der Waals surface area contributed by atoms with Crippen molar-refractivity contribution in [3.05, 3.63) is 31.3 Å². The van der Waals surface area contributed by atoms with Gasteiger partial charge in [0.1, 0.15) is 17.0 Å². The minimum Gasteiger partial charge on any atom is -0.459 e. The van der Waals surface area contributed by atoms with Crippen LogP contribution < -0.4 is 11.2 Å². The number of aryl methyl sites for hydroxylation is 2. The second kappa shape index (κ2) is 5.14. The van der Waals surface area contributed by atoms with Crippen molar-refractivity contribution in [2.24, 2.45) is 0 Å². The van der Waals surface area contributed by atoms with Crippen LogP contribution in [0.15, 0.2) is 9.59 Å². The van der Waals surface area contributed by atoms with E-state index in [1.54, 1.807) is 20.8 Å². The van der Waals surface area contributed by atoms with Crippen LogP contribution in [0.25, 0.3) is 10.2 Å². The number of aromatic amines is 1. The number of esters is 1. The van der Waals surface area contributed by atoms with Gasteiger partial charge < -0.3 is 4.74 Å². The molecule has 6 nitrogen and oxygen atoms in total. The van der Waals surface area contributed by atoms with E-state index in [-0.39, 0.29) is 0 Å². The first-order valence-corrected chi connectivity index (χ1v) is 7.36. The summed E-state index contributed by atoms with van der Waals surface area (Å²) in [5.74, 6) is -0.612. The summed E-state index contributed by atoms with van der Waals surface area (Å²) in [4.78, 5) is 40.4. The van der Waals surface area contributed by atoms with Gasteiger partial charge >= 0.3 is 11.7 Å². The summed E-state index contributed by atoms with van der Waals surface area (Å²) >= 11 is 1.36. The molecular weight excluding hydrogens is 292 g/mol. The van der Waals surface area contributed by atoms with Crippen molar-refractivity contribution >= 4 is 27.5 Å². The lowest BCUT2D eigenvalue weighted by Crippen LogP contribution is -2.39. The normalized spacial score (nSPS) is 11.9. The smallest absolute Gasteiger partial charge is 0.329 e. The molecule has 0 aliphatic carbocycles. The van der Waals surface area contributed by atoms with Crippen LogP contribution in [0, 0.1) is 13.8 Å². The number of fused-ring (bicyclic) bond motifs is 1. The summed E-state index contributed by atoms with van der Waals surface area (Å²) in [5, 5.41) is 0.459. The maximum atomic E-state index is 12.4. The number of hydrogen-bond acceptors (Lipinski definition) is 5. The van der Waals surface area contributed by atoms with Crippen molar-refractivity contribution in [1.29, 1.82) is 0 Å². The second-order valence-corrected chi connectivity index (χ2v) is 7.12. The molecule has 2 rings (SSSR count). The molecule has 0 aliphatic rings. The fourth-order valence-corrected chi connectivity index (χ4v) is 3.05. The number of carbonyl (C=O) groups excluding carboxylic acids is 1. The molecule has 0 atom stereocenters. The lowest BCUT2D eigenvalue weighted by Gasteiger charge is -2.19. The molecule has 2 aromatic heterocycles. The Morgan fingerprint density at radius 2 is 1.90 bits per heavy atom. The average Bonchev–Trinajstić information content (AvgIpc) is 2.58. The third-order valence-corrected chi connectivity index (χ3v) is 4.14. The van der Waals surface area contributed by atoms with Crippen molar-refractivity contribution in [1.82, 2.24) is 9.55 Å². The van der Waals surface area contributed by atoms with Gasteiger partial charge in [0.25, 0.3) is 5.56 Å². The van der Waals surface area contributed by atoms with Crippen molar-refractivity contribution in [2.45, 2.75) is 46.8 Å². The molecule has 7 heteroatoms. The molecule has 1 N–H and O–H groups in total. The zero-order valence-electron chi connectivity index (χ0n) is 12.7. The molecular formula is C14H18N2O4S. The maximum Gasteiger partial charge on any atom is 0.329 e. The topological polar surface area (TPSA) is 81.2 Å². The number of hydrogen-bond donors (Lipinski definition) is 1. The molecule has 0 amide bonds. The zero-order chi connectivity index (χ0) is 15.9. The van der Waals surface area contributed by atoms with Gasteiger partial charge in [-0.3, -0.25) is 14.6 Å². The van der Waals surface area contributed by atoms with E-state index in [2.05, 4.69) is 4.98 Å². The monoisotopic (exact) mass is 310 g/mol. The van der Waals surface area contributed by atoms with Gasteiger partial charge in [-0.25, -0.2) is 9.36 Å². The Bertz CT molecular complexity index is 820. The number of thiophene rings is 1. The molecule has 0 bridgehead atoms. The maximum absolute atomic E-state index is 12.4. The van der Waals surface area contributed by atoms with Gasteiger partial charge in [0.15, 0.2) is 0 Å². The van der Waals surface area contributed by atoms with E-state index in [1.807, 2.05) is 13.8 Å². The Labute approximate surface area is 125 Å². The molecule has 0 fully saturated rings. The highest BCUT2D eigenvalue weighted by atomic mass is 32.1. The first-order chi connectivity index (χ1) is 9.60. The molecule has 0 unspecified atom stereocenters. The van der Waals surface area contributed by atoms with Crippen LogP contribution in [0.4, 0.5) is 0 Å². The van der Waals surface area contributed by atoms with E-state index in [9.17, 15) is 14.4 Å². The Hall–Kier alpha value is -1.89. The Balaban J connectivity index is 2.50. The van der Waals surface area contributed by atoms with Gasteiger partial charge in [-0.2, -0.15) is 0 Å². The minimum absolute atomic E-state index is 0.393. The van der Waals surface area contributed by atoms with Crippen LogP contribution in [0.1, 0.15) is 31.2 Å². The van der Waals surface area contributed by atoms with Crippen LogP contribution in [0.2, 0.25) is 0 Å². The number of carbonyl (C=O) groups is 1. The van der Waals surface area contributed by atoms with Gasteiger partial charge in [0, 0.05) is 4.88 Å². The fourth-order valence-electron chi connectivity index (χ4n) is 2.01. The molecule has 0 saturated heterocycles. The first kappa shape index (κ1) is 15.5. The lowest BCUT2D eigenvalue weighted by atomic mass is 10.2. The molecule has 0 radical (unpaired) electrons. The minimum atomic E-state index is -0.660. The summed E-state index contributed by atoms with van der Waals surface area (Å²) in [6.07, 6.45) is 0. The van der Waals surface area contributed by atoms with Gasteiger partial charge in [-0.15, -0.1) is 11.3 Å². The number of rotatable bonds is 2. The SMILES string of the molecule is Cc1sc2[nH]c(=O)n(CC(=O)OC(C)(C)C)c(=O)c2c1C. The second-order valence-electron chi connectivity index (χ2n) is 5.90. The number of H-pyrrole nitrogens is 1. The van der Waals surface area contributed by atoms with Crippen molar-refractivity contribution in [2.75, 3.05) is 0 Å². The van der Waals surface area contributed by atoms with Crippen molar-refractivity contribution in [3.63, 3.8) is 0 Å². The summed E-state index contributed by atoms with van der Waals surface area (Å²) in [5.41, 5.74) is -0.887. The molecule has 0 aliphatic heterocycles. The largest absolute Gasteiger partial charge is 0.459 e. The number of nitrogens with zero attached hydrogens (tertiary/aromatic N) is 1. The number of aromatic nitrogens is 2. The van der Waals surface area contributed by atoms with Gasteiger partial charge in [0.05, 0.1) is 5.39 Å². The van der Waals surface area contributed by atoms with E-state index in [0.717, 1.165) is 15.0 Å². The molecule has 21 heavy (non-hydrogen) atoms. The van der Waals surface area contributed by atoms with Gasteiger partial charge in [-0.05, 0) is 40.2 Å². The molecule has 114 valence electrons. The average molecular weight is 310 g/mol. The van der Waals surface area contributed by atoms with E-state index < -0.39 is 29.4 Å². The Morgan fingerprint density at radius 1 is 1.29 bits per heavy atom. The highest BCUT2D eigenvalue weighted by molar-refractivity contribution is 7.18. The van der Waals surface area contributed by atoms with Crippen molar-refractivity contribution in [3.8, 4) is 0 Å². The number of ether oxygens (including phenoxy) is 1. The van der Waals surface area contributed by atoms with Crippen LogP contribution in [-0.2, 0) is 16.1 Å².